The Hall–Kier alpha value is -3.89. The fraction of sp³-hybridized carbons (Fsp3) is 0.185. The standard InChI is InChI=1S/C27H24BrClN6O3/c1-15-4-10-20(11-5-15)31-26(36)23-16(2)30-27-32-33-34-35(27)24(23)18-12-21(28)25(22(13-18)37-3)38-14-17-6-8-19(29)9-7-17/h4-13,24H,14H2,1-3H3,(H,31,36)(H,30,32,34). The summed E-state index contributed by atoms with van der Waals surface area (Å²) in [5, 5.41) is 18.8. The van der Waals surface area contributed by atoms with Crippen LogP contribution in [0.5, 0.6) is 11.5 Å². The van der Waals surface area contributed by atoms with Crippen molar-refractivity contribution in [1.29, 1.82) is 0 Å². The number of methoxy groups -OCH3 is 1. The number of carbonyl (C=O) groups excluding carboxylic acids is 1. The number of fused-ring (bicyclic) bond motifs is 1. The molecule has 3 aromatic carbocycles. The molecule has 0 spiro atoms. The van der Waals surface area contributed by atoms with Gasteiger partial charge in [-0.1, -0.05) is 46.5 Å². The molecule has 0 aliphatic carbocycles. The van der Waals surface area contributed by atoms with Crippen molar-refractivity contribution in [1.82, 2.24) is 20.2 Å². The van der Waals surface area contributed by atoms with Crippen LogP contribution in [0.3, 0.4) is 0 Å². The number of aromatic nitrogens is 4. The number of ether oxygens (including phenoxy) is 2. The van der Waals surface area contributed by atoms with Crippen LogP contribution in [0.2, 0.25) is 5.02 Å². The molecular formula is C27H24BrClN6O3. The van der Waals surface area contributed by atoms with Gasteiger partial charge in [0, 0.05) is 16.4 Å². The highest BCUT2D eigenvalue weighted by molar-refractivity contribution is 9.10. The van der Waals surface area contributed by atoms with Crippen LogP contribution in [0.25, 0.3) is 0 Å². The van der Waals surface area contributed by atoms with Crippen molar-refractivity contribution >= 4 is 45.1 Å². The molecule has 11 heteroatoms. The van der Waals surface area contributed by atoms with Crippen LogP contribution in [0.15, 0.2) is 76.4 Å². The minimum absolute atomic E-state index is 0.275. The number of amides is 1. The third-order valence-corrected chi connectivity index (χ3v) is 6.97. The van der Waals surface area contributed by atoms with Crippen LogP contribution < -0.4 is 20.1 Å². The molecule has 0 radical (unpaired) electrons. The van der Waals surface area contributed by atoms with Crippen molar-refractivity contribution in [3.05, 3.63) is 98.1 Å². The molecule has 0 saturated carbocycles. The highest BCUT2D eigenvalue weighted by Crippen LogP contribution is 2.43. The van der Waals surface area contributed by atoms with Gasteiger partial charge in [-0.05, 0) is 87.7 Å². The molecule has 2 N–H and O–H groups in total. The first-order chi connectivity index (χ1) is 18.3. The SMILES string of the molecule is COc1cc(C2C(C(=O)Nc3ccc(C)cc3)=C(C)Nc3nnnn32)cc(Br)c1OCc1ccc(Cl)cc1. The number of allylic oxidation sites excluding steroid dienone is 1. The van der Waals surface area contributed by atoms with Crippen LogP contribution in [-0.2, 0) is 11.4 Å². The summed E-state index contributed by atoms with van der Waals surface area (Å²) in [6, 6.07) is 18.1. The first-order valence-corrected chi connectivity index (χ1v) is 12.9. The molecular weight excluding hydrogens is 572 g/mol. The molecule has 1 aliphatic rings. The van der Waals surface area contributed by atoms with E-state index in [2.05, 4.69) is 42.1 Å². The lowest BCUT2D eigenvalue weighted by Gasteiger charge is -2.28. The molecule has 1 atom stereocenters. The quantitative estimate of drug-likeness (QED) is 0.274. The molecule has 0 saturated heterocycles. The molecule has 4 aromatic rings. The van der Waals surface area contributed by atoms with Gasteiger partial charge in [-0.2, -0.15) is 4.68 Å². The maximum Gasteiger partial charge on any atom is 0.255 e. The van der Waals surface area contributed by atoms with Crippen molar-refractivity contribution in [2.45, 2.75) is 26.5 Å². The maximum absolute atomic E-state index is 13.6. The molecule has 2 heterocycles. The smallest absolute Gasteiger partial charge is 0.255 e. The molecule has 1 unspecified atom stereocenters. The predicted molar refractivity (Wildman–Crippen MR) is 149 cm³/mol. The van der Waals surface area contributed by atoms with Crippen molar-refractivity contribution in [3.8, 4) is 11.5 Å². The van der Waals surface area contributed by atoms with Gasteiger partial charge in [0.1, 0.15) is 12.6 Å². The molecule has 1 amide bonds. The third kappa shape index (κ3) is 5.23. The van der Waals surface area contributed by atoms with E-state index in [-0.39, 0.29) is 5.91 Å². The summed E-state index contributed by atoms with van der Waals surface area (Å²) in [6.07, 6.45) is 0. The number of hydrogen-bond acceptors (Lipinski definition) is 7. The summed E-state index contributed by atoms with van der Waals surface area (Å²) < 4.78 is 14.0. The number of tetrazole rings is 1. The number of aryl methyl sites for hydroxylation is 1. The Morgan fingerprint density at radius 3 is 2.58 bits per heavy atom. The lowest BCUT2D eigenvalue weighted by atomic mass is 9.94. The molecule has 38 heavy (non-hydrogen) atoms. The fourth-order valence-electron chi connectivity index (χ4n) is 4.22. The van der Waals surface area contributed by atoms with Gasteiger partial charge in [0.2, 0.25) is 5.95 Å². The number of benzene rings is 3. The van der Waals surface area contributed by atoms with E-state index >= 15 is 0 Å². The van der Waals surface area contributed by atoms with E-state index in [4.69, 9.17) is 21.1 Å². The number of carbonyl (C=O) groups is 1. The number of anilines is 2. The van der Waals surface area contributed by atoms with Gasteiger partial charge in [0.25, 0.3) is 5.91 Å². The summed E-state index contributed by atoms with van der Waals surface area (Å²) >= 11 is 9.63. The zero-order valence-corrected chi connectivity index (χ0v) is 23.2. The van der Waals surface area contributed by atoms with Gasteiger partial charge in [0.15, 0.2) is 11.5 Å². The minimum Gasteiger partial charge on any atom is -0.493 e. The number of hydrogen-bond donors (Lipinski definition) is 2. The lowest BCUT2D eigenvalue weighted by Crippen LogP contribution is -2.31. The van der Waals surface area contributed by atoms with Crippen LogP contribution in [-0.4, -0.2) is 33.2 Å². The average molecular weight is 596 g/mol. The van der Waals surface area contributed by atoms with E-state index < -0.39 is 6.04 Å². The van der Waals surface area contributed by atoms with E-state index in [1.54, 1.807) is 11.8 Å². The van der Waals surface area contributed by atoms with Crippen molar-refractivity contribution < 1.29 is 14.3 Å². The first kappa shape index (κ1) is 25.7. The van der Waals surface area contributed by atoms with E-state index in [1.165, 1.54) is 0 Å². The Morgan fingerprint density at radius 2 is 1.87 bits per heavy atom. The Labute approximate surface area is 232 Å². The minimum atomic E-state index is -0.623. The molecule has 0 bridgehead atoms. The average Bonchev–Trinajstić information content (AvgIpc) is 3.37. The second kappa shape index (κ2) is 10.8. The summed E-state index contributed by atoms with van der Waals surface area (Å²) in [4.78, 5) is 13.6. The molecule has 194 valence electrons. The Kier molecular flexibility index (Phi) is 7.35. The highest BCUT2D eigenvalue weighted by Gasteiger charge is 2.35. The molecule has 0 fully saturated rings. The third-order valence-electron chi connectivity index (χ3n) is 6.13. The number of nitrogens with one attached hydrogen (secondary N) is 2. The monoisotopic (exact) mass is 594 g/mol. The van der Waals surface area contributed by atoms with Crippen LogP contribution in [0, 0.1) is 6.92 Å². The van der Waals surface area contributed by atoms with Gasteiger partial charge >= 0.3 is 0 Å². The van der Waals surface area contributed by atoms with E-state index in [0.717, 1.165) is 16.7 Å². The molecule has 5 rings (SSSR count). The number of halogens is 2. The van der Waals surface area contributed by atoms with E-state index in [0.29, 0.717) is 50.5 Å². The maximum atomic E-state index is 13.6. The second-order valence-corrected chi connectivity index (χ2v) is 10.1. The summed E-state index contributed by atoms with van der Waals surface area (Å²) in [5.74, 6) is 1.18. The molecule has 9 nitrogen and oxygen atoms in total. The summed E-state index contributed by atoms with van der Waals surface area (Å²) in [6.45, 7) is 4.14. The van der Waals surface area contributed by atoms with Gasteiger partial charge in [-0.25, -0.2) is 0 Å². The van der Waals surface area contributed by atoms with Gasteiger partial charge in [0.05, 0.1) is 17.2 Å². The lowest BCUT2D eigenvalue weighted by molar-refractivity contribution is -0.113. The Morgan fingerprint density at radius 1 is 1.13 bits per heavy atom. The van der Waals surface area contributed by atoms with E-state index in [1.807, 2.05) is 74.5 Å². The topological polar surface area (TPSA) is 103 Å². The molecule has 1 aliphatic heterocycles. The largest absolute Gasteiger partial charge is 0.493 e. The highest BCUT2D eigenvalue weighted by atomic mass is 79.9. The number of rotatable bonds is 7. The predicted octanol–water partition coefficient (Wildman–Crippen LogP) is 5.91. The summed E-state index contributed by atoms with van der Waals surface area (Å²) in [7, 11) is 1.57. The van der Waals surface area contributed by atoms with Gasteiger partial charge in [-0.3, -0.25) is 4.79 Å². The Bertz CT molecular complexity index is 1520. The van der Waals surface area contributed by atoms with Gasteiger partial charge < -0.3 is 20.1 Å². The molecule has 1 aromatic heterocycles. The van der Waals surface area contributed by atoms with Crippen LogP contribution in [0.4, 0.5) is 11.6 Å². The van der Waals surface area contributed by atoms with Crippen molar-refractivity contribution in [2.75, 3.05) is 17.7 Å². The summed E-state index contributed by atoms with van der Waals surface area (Å²) in [5.41, 5.74) is 4.58. The van der Waals surface area contributed by atoms with E-state index in [9.17, 15) is 4.79 Å². The zero-order valence-electron chi connectivity index (χ0n) is 20.8. The number of nitrogens with zero attached hydrogens (tertiary/aromatic N) is 4. The van der Waals surface area contributed by atoms with Crippen LogP contribution in [0.1, 0.15) is 29.7 Å². The van der Waals surface area contributed by atoms with Gasteiger partial charge in [-0.15, -0.1) is 0 Å². The fourth-order valence-corrected chi connectivity index (χ4v) is 4.92. The Balaban J connectivity index is 1.50. The normalized spacial score (nSPS) is 14.5. The zero-order chi connectivity index (χ0) is 26.8. The first-order valence-electron chi connectivity index (χ1n) is 11.7. The van der Waals surface area contributed by atoms with Crippen molar-refractivity contribution in [2.24, 2.45) is 0 Å². The second-order valence-electron chi connectivity index (χ2n) is 8.78. The van der Waals surface area contributed by atoms with Crippen molar-refractivity contribution in [3.63, 3.8) is 0 Å². The van der Waals surface area contributed by atoms with Crippen LogP contribution >= 0.6 is 27.5 Å².